The van der Waals surface area contributed by atoms with Gasteiger partial charge in [-0.1, -0.05) is 30.7 Å². The zero-order valence-corrected chi connectivity index (χ0v) is 13.1. The third kappa shape index (κ3) is 4.87. The van der Waals surface area contributed by atoms with Crippen LogP contribution in [0.25, 0.3) is 0 Å². The highest BCUT2D eigenvalue weighted by molar-refractivity contribution is 5.37. The molecule has 2 rings (SSSR count). The Morgan fingerprint density at radius 3 is 2.76 bits per heavy atom. The molecule has 3 heteroatoms. The summed E-state index contributed by atoms with van der Waals surface area (Å²) >= 11 is 0. The van der Waals surface area contributed by atoms with Crippen LogP contribution in [0.3, 0.4) is 0 Å². The van der Waals surface area contributed by atoms with Crippen LogP contribution in [0, 0.1) is 13.8 Å². The van der Waals surface area contributed by atoms with Gasteiger partial charge in [0, 0.05) is 17.8 Å². The summed E-state index contributed by atoms with van der Waals surface area (Å²) in [4.78, 5) is 4.47. The van der Waals surface area contributed by atoms with Gasteiger partial charge >= 0.3 is 0 Å². The van der Waals surface area contributed by atoms with Crippen LogP contribution in [0.15, 0.2) is 36.4 Å². The predicted molar refractivity (Wildman–Crippen MR) is 86.5 cm³/mol. The predicted octanol–water partition coefficient (Wildman–Crippen LogP) is 3.78. The number of aryl methyl sites for hydroxylation is 2. The van der Waals surface area contributed by atoms with E-state index in [0.29, 0.717) is 6.61 Å². The number of hydrogen-bond donors (Lipinski definition) is 1. The van der Waals surface area contributed by atoms with Gasteiger partial charge in [-0.05, 0) is 45.0 Å². The lowest BCUT2D eigenvalue weighted by Gasteiger charge is -2.13. The van der Waals surface area contributed by atoms with Crippen molar-refractivity contribution in [1.29, 1.82) is 0 Å². The first-order valence-corrected chi connectivity index (χ1v) is 7.54. The first kappa shape index (κ1) is 15.5. The summed E-state index contributed by atoms with van der Waals surface area (Å²) in [5.74, 6) is 0.938. The minimum Gasteiger partial charge on any atom is -0.487 e. The fourth-order valence-corrected chi connectivity index (χ4v) is 2.22. The van der Waals surface area contributed by atoms with Crippen molar-refractivity contribution in [3.05, 3.63) is 58.9 Å². The Hall–Kier alpha value is -1.87. The molecule has 0 aliphatic heterocycles. The maximum absolute atomic E-state index is 5.96. The number of hydrogen-bond acceptors (Lipinski definition) is 3. The lowest BCUT2D eigenvalue weighted by atomic mass is 10.1. The SMILES string of the molecule is CCCNCc1cc(C)ccc1OCc1cccc(C)n1. The number of benzene rings is 1. The molecule has 3 nitrogen and oxygen atoms in total. The van der Waals surface area contributed by atoms with E-state index < -0.39 is 0 Å². The van der Waals surface area contributed by atoms with Crippen molar-refractivity contribution in [2.24, 2.45) is 0 Å². The molecule has 0 atom stereocenters. The van der Waals surface area contributed by atoms with Crippen LogP contribution in [-0.2, 0) is 13.2 Å². The fraction of sp³-hybridized carbons (Fsp3) is 0.389. The molecule has 0 radical (unpaired) electrons. The zero-order valence-electron chi connectivity index (χ0n) is 13.1. The fourth-order valence-electron chi connectivity index (χ4n) is 2.22. The molecule has 0 amide bonds. The van der Waals surface area contributed by atoms with E-state index in [1.165, 1.54) is 11.1 Å². The number of nitrogens with zero attached hydrogens (tertiary/aromatic N) is 1. The van der Waals surface area contributed by atoms with Gasteiger partial charge < -0.3 is 10.1 Å². The molecule has 0 bridgehead atoms. The molecule has 1 aromatic carbocycles. The van der Waals surface area contributed by atoms with E-state index in [-0.39, 0.29) is 0 Å². The Labute approximate surface area is 127 Å². The van der Waals surface area contributed by atoms with Gasteiger partial charge in [0.1, 0.15) is 12.4 Å². The van der Waals surface area contributed by atoms with Crippen molar-refractivity contribution in [2.45, 2.75) is 40.3 Å². The van der Waals surface area contributed by atoms with Crippen molar-refractivity contribution in [2.75, 3.05) is 6.54 Å². The average molecular weight is 284 g/mol. The van der Waals surface area contributed by atoms with Crippen LogP contribution >= 0.6 is 0 Å². The normalized spacial score (nSPS) is 10.6. The van der Waals surface area contributed by atoms with Crippen LogP contribution in [0.5, 0.6) is 5.75 Å². The number of ether oxygens (including phenoxy) is 1. The van der Waals surface area contributed by atoms with Gasteiger partial charge in [0.05, 0.1) is 5.69 Å². The van der Waals surface area contributed by atoms with E-state index in [2.05, 4.69) is 36.3 Å². The van der Waals surface area contributed by atoms with E-state index in [4.69, 9.17) is 4.74 Å². The summed E-state index contributed by atoms with van der Waals surface area (Å²) in [5, 5.41) is 3.43. The molecule has 0 saturated carbocycles. The van der Waals surface area contributed by atoms with E-state index in [9.17, 15) is 0 Å². The number of nitrogens with one attached hydrogen (secondary N) is 1. The van der Waals surface area contributed by atoms with E-state index in [1.54, 1.807) is 0 Å². The minimum absolute atomic E-state index is 0.505. The molecule has 0 spiro atoms. The summed E-state index contributed by atoms with van der Waals surface area (Å²) in [7, 11) is 0. The highest BCUT2D eigenvalue weighted by Gasteiger charge is 2.05. The number of rotatable bonds is 7. The molecule has 112 valence electrons. The van der Waals surface area contributed by atoms with Crippen LogP contribution < -0.4 is 10.1 Å². The molecular weight excluding hydrogens is 260 g/mol. The maximum Gasteiger partial charge on any atom is 0.130 e. The smallest absolute Gasteiger partial charge is 0.130 e. The second-order valence-electron chi connectivity index (χ2n) is 5.35. The molecule has 0 saturated heterocycles. The minimum atomic E-state index is 0.505. The molecule has 1 N–H and O–H groups in total. The largest absolute Gasteiger partial charge is 0.487 e. The van der Waals surface area contributed by atoms with Crippen LogP contribution in [-0.4, -0.2) is 11.5 Å². The van der Waals surface area contributed by atoms with Crippen molar-refractivity contribution < 1.29 is 4.74 Å². The third-order valence-corrected chi connectivity index (χ3v) is 3.28. The molecule has 21 heavy (non-hydrogen) atoms. The van der Waals surface area contributed by atoms with Gasteiger partial charge in [0.15, 0.2) is 0 Å². The van der Waals surface area contributed by atoms with Gasteiger partial charge in [-0.3, -0.25) is 4.98 Å². The Kier molecular flexibility index (Phi) is 5.76. The average Bonchev–Trinajstić information content (AvgIpc) is 2.47. The lowest BCUT2D eigenvalue weighted by molar-refractivity contribution is 0.297. The second kappa shape index (κ2) is 7.79. The van der Waals surface area contributed by atoms with Gasteiger partial charge in [0.2, 0.25) is 0 Å². The first-order valence-electron chi connectivity index (χ1n) is 7.54. The van der Waals surface area contributed by atoms with Crippen molar-refractivity contribution in [3.63, 3.8) is 0 Å². The monoisotopic (exact) mass is 284 g/mol. The van der Waals surface area contributed by atoms with Gasteiger partial charge in [-0.2, -0.15) is 0 Å². The van der Waals surface area contributed by atoms with Gasteiger partial charge in [-0.15, -0.1) is 0 Å². The van der Waals surface area contributed by atoms with Gasteiger partial charge in [0.25, 0.3) is 0 Å². The highest BCUT2D eigenvalue weighted by atomic mass is 16.5. The zero-order chi connectivity index (χ0) is 15.1. The Morgan fingerprint density at radius 1 is 1.14 bits per heavy atom. The quantitative estimate of drug-likeness (QED) is 0.786. The lowest BCUT2D eigenvalue weighted by Crippen LogP contribution is -2.15. The Morgan fingerprint density at radius 2 is 2.00 bits per heavy atom. The van der Waals surface area contributed by atoms with Crippen LogP contribution in [0.2, 0.25) is 0 Å². The summed E-state index contributed by atoms with van der Waals surface area (Å²) < 4.78 is 5.96. The molecule has 1 heterocycles. The number of aromatic nitrogens is 1. The van der Waals surface area contributed by atoms with Crippen molar-refractivity contribution in [1.82, 2.24) is 10.3 Å². The summed E-state index contributed by atoms with van der Waals surface area (Å²) in [6.07, 6.45) is 1.13. The van der Waals surface area contributed by atoms with Crippen molar-refractivity contribution in [3.8, 4) is 5.75 Å². The Balaban J connectivity index is 2.04. The first-order chi connectivity index (χ1) is 10.2. The highest BCUT2D eigenvalue weighted by Crippen LogP contribution is 2.21. The Bertz CT molecular complexity index is 581. The van der Waals surface area contributed by atoms with Gasteiger partial charge in [-0.25, -0.2) is 0 Å². The molecular formula is C18H24N2O. The molecule has 0 aliphatic rings. The topological polar surface area (TPSA) is 34.1 Å². The molecule has 2 aromatic rings. The summed E-state index contributed by atoms with van der Waals surface area (Å²) in [5.41, 5.74) is 4.44. The van der Waals surface area contributed by atoms with Crippen LogP contribution in [0.4, 0.5) is 0 Å². The third-order valence-electron chi connectivity index (χ3n) is 3.28. The molecule has 1 aromatic heterocycles. The number of pyridine rings is 1. The molecule has 0 aliphatic carbocycles. The van der Waals surface area contributed by atoms with E-state index in [1.807, 2.05) is 31.2 Å². The second-order valence-corrected chi connectivity index (χ2v) is 5.35. The van der Waals surface area contributed by atoms with E-state index in [0.717, 1.165) is 36.6 Å². The van der Waals surface area contributed by atoms with E-state index >= 15 is 0 Å². The molecule has 0 unspecified atom stereocenters. The van der Waals surface area contributed by atoms with Crippen LogP contribution in [0.1, 0.15) is 35.9 Å². The maximum atomic E-state index is 5.96. The summed E-state index contributed by atoms with van der Waals surface area (Å²) in [6.45, 7) is 8.64. The standard InChI is InChI=1S/C18H24N2O/c1-4-10-19-12-16-11-14(2)8-9-18(16)21-13-17-7-5-6-15(3)20-17/h5-9,11,19H,4,10,12-13H2,1-3H3. The summed E-state index contributed by atoms with van der Waals surface area (Å²) in [6, 6.07) is 12.3. The van der Waals surface area contributed by atoms with Crippen molar-refractivity contribution >= 4 is 0 Å². The molecule has 0 fully saturated rings.